The second-order valence-corrected chi connectivity index (χ2v) is 10.5. The number of aromatic nitrogens is 4. The zero-order chi connectivity index (χ0) is 23.4. The van der Waals surface area contributed by atoms with E-state index in [2.05, 4.69) is 25.8 Å². The van der Waals surface area contributed by atoms with E-state index in [0.29, 0.717) is 10.8 Å². The van der Waals surface area contributed by atoms with Crippen LogP contribution in [-0.4, -0.2) is 43.1 Å². The number of benzene rings is 2. The lowest BCUT2D eigenvalue weighted by Gasteiger charge is -2.10. The third kappa shape index (κ3) is 5.92. The van der Waals surface area contributed by atoms with E-state index in [1.807, 2.05) is 57.3 Å². The normalized spacial score (nSPS) is 11.0. The van der Waals surface area contributed by atoms with Gasteiger partial charge in [-0.1, -0.05) is 41.7 Å². The molecule has 0 aliphatic rings. The predicted octanol–water partition coefficient (Wildman–Crippen LogP) is 4.50. The molecular formula is C22H22N6O2S3. The first-order valence-electron chi connectivity index (χ1n) is 10.0. The van der Waals surface area contributed by atoms with Crippen molar-refractivity contribution in [3.63, 3.8) is 0 Å². The number of anilines is 2. The minimum Gasteiger partial charge on any atom is -0.325 e. The zero-order valence-electron chi connectivity index (χ0n) is 18.3. The predicted molar refractivity (Wildman–Crippen MR) is 135 cm³/mol. The van der Waals surface area contributed by atoms with Gasteiger partial charge in [0.15, 0.2) is 9.50 Å². The number of amides is 2. The molecule has 2 N–H and O–H groups in total. The molecular weight excluding hydrogens is 476 g/mol. The van der Waals surface area contributed by atoms with Crippen LogP contribution >= 0.6 is 34.9 Å². The highest BCUT2D eigenvalue weighted by Crippen LogP contribution is 2.31. The maximum absolute atomic E-state index is 12.4. The molecule has 0 spiro atoms. The van der Waals surface area contributed by atoms with Crippen LogP contribution < -0.4 is 10.6 Å². The molecule has 0 saturated heterocycles. The Hall–Kier alpha value is -2.89. The first kappa shape index (κ1) is 23.3. The van der Waals surface area contributed by atoms with E-state index in [1.165, 1.54) is 34.9 Å². The largest absolute Gasteiger partial charge is 0.325 e. The summed E-state index contributed by atoms with van der Waals surface area (Å²) in [5.74, 6) is 0.329. The Bertz CT molecular complexity index is 1300. The van der Waals surface area contributed by atoms with Gasteiger partial charge in [-0.2, -0.15) is 0 Å². The number of carbonyl (C=O) groups is 2. The van der Waals surface area contributed by atoms with Gasteiger partial charge in [-0.3, -0.25) is 9.59 Å². The number of para-hydroxylation sites is 1. The molecule has 4 aromatic rings. The lowest BCUT2D eigenvalue weighted by molar-refractivity contribution is -0.114. The summed E-state index contributed by atoms with van der Waals surface area (Å²) < 4.78 is 3.53. The Labute approximate surface area is 203 Å². The molecule has 8 nitrogen and oxygen atoms in total. The molecule has 2 aromatic heterocycles. The third-order valence-corrected chi connectivity index (χ3v) is 7.92. The van der Waals surface area contributed by atoms with Crippen molar-refractivity contribution >= 4 is 68.3 Å². The number of hydrogen-bond donors (Lipinski definition) is 2. The van der Waals surface area contributed by atoms with Crippen LogP contribution in [0.3, 0.4) is 0 Å². The van der Waals surface area contributed by atoms with Gasteiger partial charge in [-0.25, -0.2) is 4.98 Å². The Morgan fingerprint density at radius 3 is 2.48 bits per heavy atom. The van der Waals surface area contributed by atoms with Crippen LogP contribution in [0.15, 0.2) is 52.2 Å². The van der Waals surface area contributed by atoms with E-state index in [9.17, 15) is 9.59 Å². The fraction of sp³-hybridized carbons (Fsp3) is 0.227. The number of aryl methyl sites for hydroxylation is 3. The summed E-state index contributed by atoms with van der Waals surface area (Å²) >= 11 is 4.23. The van der Waals surface area contributed by atoms with Crippen LogP contribution in [0.1, 0.15) is 11.1 Å². The fourth-order valence-corrected chi connectivity index (χ4v) is 5.68. The van der Waals surface area contributed by atoms with Gasteiger partial charge in [0.25, 0.3) is 0 Å². The second kappa shape index (κ2) is 10.4. The van der Waals surface area contributed by atoms with E-state index in [0.717, 1.165) is 31.4 Å². The van der Waals surface area contributed by atoms with Crippen LogP contribution in [0.4, 0.5) is 11.4 Å². The summed E-state index contributed by atoms with van der Waals surface area (Å²) in [6.07, 6.45) is 1.60. The molecule has 2 amide bonds. The summed E-state index contributed by atoms with van der Waals surface area (Å²) in [6, 6.07) is 11.5. The Balaban J connectivity index is 1.33. The molecule has 33 heavy (non-hydrogen) atoms. The summed E-state index contributed by atoms with van der Waals surface area (Å²) in [5, 5.41) is 14.3. The van der Waals surface area contributed by atoms with Gasteiger partial charge in [0.1, 0.15) is 6.33 Å². The van der Waals surface area contributed by atoms with Crippen molar-refractivity contribution in [1.29, 1.82) is 0 Å². The van der Waals surface area contributed by atoms with Gasteiger partial charge in [-0.15, -0.1) is 21.5 Å². The SMILES string of the molecule is Cc1cccc(C)c1NC(=O)CSc1nc2ccc(NC(=O)CSc3nncn3C)cc2s1. The molecule has 0 unspecified atom stereocenters. The van der Waals surface area contributed by atoms with Gasteiger partial charge in [0, 0.05) is 18.4 Å². The maximum atomic E-state index is 12.4. The lowest BCUT2D eigenvalue weighted by Crippen LogP contribution is -2.15. The van der Waals surface area contributed by atoms with Crippen molar-refractivity contribution in [3.8, 4) is 0 Å². The van der Waals surface area contributed by atoms with Crippen molar-refractivity contribution < 1.29 is 9.59 Å². The maximum Gasteiger partial charge on any atom is 0.234 e. The number of nitrogens with zero attached hydrogens (tertiary/aromatic N) is 4. The number of carbonyl (C=O) groups excluding carboxylic acids is 2. The molecule has 0 radical (unpaired) electrons. The van der Waals surface area contributed by atoms with Crippen molar-refractivity contribution in [3.05, 3.63) is 53.9 Å². The number of hydrogen-bond acceptors (Lipinski definition) is 8. The number of rotatable bonds is 8. The third-order valence-electron chi connectivity index (χ3n) is 4.73. The van der Waals surface area contributed by atoms with Crippen molar-refractivity contribution in [2.45, 2.75) is 23.3 Å². The molecule has 0 saturated carbocycles. The monoisotopic (exact) mass is 498 g/mol. The highest BCUT2D eigenvalue weighted by atomic mass is 32.2. The fourth-order valence-electron chi connectivity index (χ4n) is 3.09. The van der Waals surface area contributed by atoms with E-state index >= 15 is 0 Å². The van der Waals surface area contributed by atoms with E-state index in [-0.39, 0.29) is 23.3 Å². The molecule has 11 heteroatoms. The van der Waals surface area contributed by atoms with Crippen LogP contribution in [-0.2, 0) is 16.6 Å². The Kier molecular flexibility index (Phi) is 7.31. The summed E-state index contributed by atoms with van der Waals surface area (Å²) in [4.78, 5) is 29.3. The zero-order valence-corrected chi connectivity index (χ0v) is 20.7. The smallest absolute Gasteiger partial charge is 0.234 e. The molecule has 2 aromatic carbocycles. The molecule has 0 fully saturated rings. The molecule has 0 atom stereocenters. The van der Waals surface area contributed by atoms with E-state index in [4.69, 9.17) is 0 Å². The number of thiazole rings is 1. The lowest BCUT2D eigenvalue weighted by atomic mass is 10.1. The van der Waals surface area contributed by atoms with Crippen LogP contribution in [0.2, 0.25) is 0 Å². The van der Waals surface area contributed by atoms with Crippen molar-refractivity contribution in [2.24, 2.45) is 7.05 Å². The topological polar surface area (TPSA) is 102 Å². The van der Waals surface area contributed by atoms with Crippen LogP contribution in [0, 0.1) is 13.8 Å². The standard InChI is InChI=1S/C22H22N6O2S3/c1-13-5-4-6-14(2)20(13)26-19(30)11-32-22-25-16-8-7-15(9-17(16)33-22)24-18(29)10-31-21-27-23-12-28(21)3/h4-9,12H,10-11H2,1-3H3,(H,24,29)(H,26,30). The summed E-state index contributed by atoms with van der Waals surface area (Å²) in [7, 11) is 1.83. The quantitative estimate of drug-likeness (QED) is 0.345. The van der Waals surface area contributed by atoms with Gasteiger partial charge in [0.05, 0.1) is 21.7 Å². The van der Waals surface area contributed by atoms with Crippen LogP contribution in [0.25, 0.3) is 10.2 Å². The second-order valence-electron chi connectivity index (χ2n) is 7.33. The summed E-state index contributed by atoms with van der Waals surface area (Å²) in [6.45, 7) is 3.96. The number of nitrogens with one attached hydrogen (secondary N) is 2. The van der Waals surface area contributed by atoms with Crippen molar-refractivity contribution in [2.75, 3.05) is 22.1 Å². The average Bonchev–Trinajstić information content (AvgIpc) is 3.38. The molecule has 0 aliphatic heterocycles. The van der Waals surface area contributed by atoms with Crippen molar-refractivity contribution in [1.82, 2.24) is 19.7 Å². The number of thioether (sulfide) groups is 2. The first-order valence-corrected chi connectivity index (χ1v) is 12.8. The average molecular weight is 499 g/mol. The first-order chi connectivity index (χ1) is 15.9. The summed E-state index contributed by atoms with van der Waals surface area (Å²) in [5.41, 5.74) is 4.49. The molecule has 0 aliphatic carbocycles. The van der Waals surface area contributed by atoms with E-state index < -0.39 is 0 Å². The number of fused-ring (bicyclic) bond motifs is 1. The van der Waals surface area contributed by atoms with Gasteiger partial charge < -0.3 is 15.2 Å². The highest BCUT2D eigenvalue weighted by molar-refractivity contribution is 8.01. The minimum atomic E-state index is -0.121. The molecule has 0 bridgehead atoms. The van der Waals surface area contributed by atoms with E-state index in [1.54, 1.807) is 10.9 Å². The van der Waals surface area contributed by atoms with Crippen LogP contribution in [0.5, 0.6) is 0 Å². The van der Waals surface area contributed by atoms with Gasteiger partial charge in [-0.05, 0) is 43.2 Å². The molecule has 170 valence electrons. The Morgan fingerprint density at radius 2 is 1.76 bits per heavy atom. The van der Waals surface area contributed by atoms with Gasteiger partial charge in [0.2, 0.25) is 11.8 Å². The molecule has 4 rings (SSSR count). The highest BCUT2D eigenvalue weighted by Gasteiger charge is 2.12. The Morgan fingerprint density at radius 1 is 1.03 bits per heavy atom. The van der Waals surface area contributed by atoms with Gasteiger partial charge >= 0.3 is 0 Å². The molecule has 2 heterocycles. The minimum absolute atomic E-state index is 0.0648.